The molecule has 12 nitrogen and oxygen atoms in total. The molecule has 0 aliphatic carbocycles. The minimum atomic E-state index is -1.23. The van der Waals surface area contributed by atoms with Crippen LogP contribution in [0.1, 0.15) is 16.4 Å². The van der Waals surface area contributed by atoms with Crippen molar-refractivity contribution in [2.24, 2.45) is 10.9 Å². The molecule has 2 atom stereocenters. The Hall–Kier alpha value is -2.79. The predicted octanol–water partition coefficient (Wildman–Crippen LogP) is 1.29. The molecule has 4 rings (SSSR count). The first-order valence-corrected chi connectivity index (χ1v) is 14.7. The number of oxime groups is 1. The third-order valence-corrected chi connectivity index (χ3v) is 10.0. The van der Waals surface area contributed by atoms with E-state index in [9.17, 15) is 24.7 Å². The van der Waals surface area contributed by atoms with Crippen molar-refractivity contribution < 1.29 is 24.7 Å². The number of hydrogen-bond acceptors (Lipinski definition) is 13. The maximum absolute atomic E-state index is 13.0. The van der Waals surface area contributed by atoms with E-state index in [1.54, 1.807) is 17.8 Å². The predicted molar refractivity (Wildman–Crippen MR) is 145 cm³/mol. The number of nitrogens with two attached hydrogens (primary N) is 2. The molecule has 2 aromatic rings. The first kappa shape index (κ1) is 27.3. The number of carbonyl (C=O) groups excluding carboxylic acids is 2. The molecule has 0 bridgehead atoms. The topological polar surface area (TPSA) is 197 Å². The van der Waals surface area contributed by atoms with Crippen LogP contribution in [0.2, 0.25) is 0 Å². The number of nitrogens with zero attached hydrogens (tertiary/aromatic N) is 4. The zero-order chi connectivity index (χ0) is 26.7. The van der Waals surface area contributed by atoms with Gasteiger partial charge < -0.3 is 27.1 Å². The van der Waals surface area contributed by atoms with Gasteiger partial charge in [-0.2, -0.15) is 11.8 Å². The summed E-state index contributed by atoms with van der Waals surface area (Å²) >= 11 is 5.77. The Labute approximate surface area is 228 Å². The van der Waals surface area contributed by atoms with Crippen molar-refractivity contribution in [1.29, 1.82) is 0 Å². The summed E-state index contributed by atoms with van der Waals surface area (Å²) in [5.74, 6) is -0.739. The number of thioether (sulfide) groups is 3. The second-order valence-electron chi connectivity index (χ2n) is 7.74. The van der Waals surface area contributed by atoms with Crippen LogP contribution in [0.15, 0.2) is 38.2 Å². The fourth-order valence-electron chi connectivity index (χ4n) is 3.66. The summed E-state index contributed by atoms with van der Waals surface area (Å²) in [6.07, 6.45) is 0. The quantitative estimate of drug-likeness (QED) is 0.0887. The average Bonchev–Trinajstić information content (AvgIpc) is 3.21. The van der Waals surface area contributed by atoms with E-state index in [0.29, 0.717) is 23.0 Å². The Morgan fingerprint density at radius 1 is 1.35 bits per heavy atom. The Kier molecular flexibility index (Phi) is 8.63. The maximum Gasteiger partial charge on any atom is 0.353 e. The van der Waals surface area contributed by atoms with E-state index >= 15 is 0 Å². The number of anilines is 1. The molecule has 196 valence electrons. The molecule has 0 spiro atoms. The minimum Gasteiger partial charge on any atom is -0.477 e. The summed E-state index contributed by atoms with van der Waals surface area (Å²) < 4.78 is 0.881. The van der Waals surface area contributed by atoms with E-state index < -0.39 is 34.9 Å². The standard InChI is InChI=1S/C21H23N7O5S4/c1-9-24-11(7-34-6-5-22)21(36-9)37-12-8-35-19-15(18(30)28(19)16(12)20(31)32)26-17(29)14(27-33)10-3-2-4-13(23)25-10/h2-4,15,19,33H,5-8,22H2,1H3,(H2,23,25)(H,26,29)(H,31,32)/b27-14-/t15-,19+/m1/s1. The number of fused-ring (bicyclic) bond motifs is 1. The van der Waals surface area contributed by atoms with Crippen LogP contribution in [0, 0.1) is 6.92 Å². The second-order valence-corrected chi connectivity index (χ2v) is 12.5. The minimum absolute atomic E-state index is 0.0324. The molecule has 2 aliphatic heterocycles. The second kappa shape index (κ2) is 11.7. The fourth-order valence-corrected chi connectivity index (χ4v) is 8.42. The molecule has 16 heteroatoms. The van der Waals surface area contributed by atoms with E-state index in [-0.39, 0.29) is 17.2 Å². The summed E-state index contributed by atoms with van der Waals surface area (Å²) in [7, 11) is 0. The molecular weight excluding hydrogens is 559 g/mol. The number of carboxylic acid groups (broad SMARTS) is 1. The van der Waals surface area contributed by atoms with Gasteiger partial charge in [-0.3, -0.25) is 14.5 Å². The third-order valence-electron chi connectivity index (χ3n) is 5.24. The van der Waals surface area contributed by atoms with Gasteiger partial charge in [-0.05, 0) is 19.1 Å². The molecule has 0 aromatic carbocycles. The zero-order valence-corrected chi connectivity index (χ0v) is 22.7. The van der Waals surface area contributed by atoms with Crippen LogP contribution < -0.4 is 16.8 Å². The van der Waals surface area contributed by atoms with Crippen molar-refractivity contribution >= 4 is 75.9 Å². The SMILES string of the molecule is Cc1nc(CSCCN)c(SC2=C(C(=O)O)N3C(=O)[C@@H](NC(=O)/C(=N\O)c4cccc(N)n4)[C@@H]3SC2)s1. The van der Waals surface area contributed by atoms with Gasteiger partial charge in [0, 0.05) is 28.7 Å². The van der Waals surface area contributed by atoms with Crippen LogP contribution in [0.3, 0.4) is 0 Å². The Bertz CT molecular complexity index is 1300. The normalized spacial score (nSPS) is 19.5. The highest BCUT2D eigenvalue weighted by Gasteiger charge is 2.54. The molecule has 2 aliphatic rings. The number of aryl methyl sites for hydroxylation is 1. The highest BCUT2D eigenvalue weighted by Crippen LogP contribution is 2.47. The first-order chi connectivity index (χ1) is 17.7. The number of hydrogen-bond donors (Lipinski definition) is 5. The maximum atomic E-state index is 13.0. The van der Waals surface area contributed by atoms with Crippen molar-refractivity contribution in [3.8, 4) is 0 Å². The van der Waals surface area contributed by atoms with E-state index in [1.807, 2.05) is 6.92 Å². The Morgan fingerprint density at radius 2 is 2.14 bits per heavy atom. The van der Waals surface area contributed by atoms with Crippen LogP contribution in [0.25, 0.3) is 0 Å². The molecule has 0 saturated carbocycles. The molecule has 37 heavy (non-hydrogen) atoms. The number of pyridine rings is 1. The number of thiazole rings is 1. The number of aromatic nitrogens is 2. The van der Waals surface area contributed by atoms with Gasteiger partial charge in [-0.25, -0.2) is 14.8 Å². The molecule has 1 fully saturated rings. The van der Waals surface area contributed by atoms with Gasteiger partial charge in [0.05, 0.1) is 14.9 Å². The summed E-state index contributed by atoms with van der Waals surface area (Å²) in [5.41, 5.74) is 11.6. The van der Waals surface area contributed by atoms with E-state index in [0.717, 1.165) is 20.7 Å². The largest absolute Gasteiger partial charge is 0.477 e. The van der Waals surface area contributed by atoms with E-state index in [2.05, 4.69) is 20.4 Å². The number of carbonyl (C=O) groups is 3. The molecule has 4 heterocycles. The van der Waals surface area contributed by atoms with Gasteiger partial charge in [0.15, 0.2) is 5.71 Å². The smallest absolute Gasteiger partial charge is 0.353 e. The van der Waals surface area contributed by atoms with Crippen LogP contribution in [0.4, 0.5) is 5.82 Å². The van der Waals surface area contributed by atoms with Gasteiger partial charge in [0.2, 0.25) is 0 Å². The molecule has 2 amide bonds. The van der Waals surface area contributed by atoms with Crippen molar-refractivity contribution in [3.05, 3.63) is 45.2 Å². The van der Waals surface area contributed by atoms with Crippen molar-refractivity contribution in [3.63, 3.8) is 0 Å². The van der Waals surface area contributed by atoms with Gasteiger partial charge in [-0.15, -0.1) is 23.1 Å². The number of amides is 2. The molecule has 7 N–H and O–H groups in total. The highest BCUT2D eigenvalue weighted by atomic mass is 32.2. The number of carboxylic acids is 1. The van der Waals surface area contributed by atoms with Gasteiger partial charge in [-0.1, -0.05) is 23.0 Å². The molecule has 2 aromatic heterocycles. The third kappa shape index (κ3) is 5.72. The van der Waals surface area contributed by atoms with Crippen molar-refractivity contribution in [2.75, 3.05) is 23.8 Å². The Balaban J connectivity index is 1.52. The number of rotatable bonds is 10. The van der Waals surface area contributed by atoms with Crippen LogP contribution >= 0.6 is 46.6 Å². The summed E-state index contributed by atoms with van der Waals surface area (Å²) in [6, 6.07) is 3.49. The fraction of sp³-hybridized carbons (Fsp3) is 0.333. The number of β-lactam (4-membered cyclic amide) rings is 1. The highest BCUT2D eigenvalue weighted by molar-refractivity contribution is 8.07. The lowest BCUT2D eigenvalue weighted by Gasteiger charge is -2.49. The van der Waals surface area contributed by atoms with E-state index in [4.69, 9.17) is 11.5 Å². The first-order valence-electron chi connectivity index (χ1n) is 10.8. The lowest BCUT2D eigenvalue weighted by molar-refractivity contribution is -0.150. The number of nitrogens with one attached hydrogen (secondary N) is 1. The van der Waals surface area contributed by atoms with E-state index in [1.165, 1.54) is 51.9 Å². The Morgan fingerprint density at radius 3 is 2.81 bits per heavy atom. The monoisotopic (exact) mass is 581 g/mol. The lowest BCUT2D eigenvalue weighted by atomic mass is 10.0. The van der Waals surface area contributed by atoms with Gasteiger partial charge in [0.1, 0.15) is 28.6 Å². The molecule has 0 radical (unpaired) electrons. The molecule has 0 unspecified atom stereocenters. The number of aliphatic carboxylic acids is 1. The van der Waals surface area contributed by atoms with Crippen molar-refractivity contribution in [2.45, 2.75) is 28.3 Å². The number of nitrogen functional groups attached to an aromatic ring is 1. The lowest BCUT2D eigenvalue weighted by Crippen LogP contribution is -2.71. The molecular formula is C21H23N7O5S4. The van der Waals surface area contributed by atoms with Crippen LogP contribution in [0.5, 0.6) is 0 Å². The van der Waals surface area contributed by atoms with Crippen molar-refractivity contribution in [1.82, 2.24) is 20.2 Å². The zero-order valence-electron chi connectivity index (χ0n) is 19.4. The van der Waals surface area contributed by atoms with Gasteiger partial charge >= 0.3 is 5.97 Å². The average molecular weight is 582 g/mol. The summed E-state index contributed by atoms with van der Waals surface area (Å²) in [6.45, 7) is 2.44. The summed E-state index contributed by atoms with van der Waals surface area (Å²) in [5, 5.41) is 25.1. The van der Waals surface area contributed by atoms with Crippen LogP contribution in [-0.4, -0.2) is 78.1 Å². The summed E-state index contributed by atoms with van der Waals surface area (Å²) in [4.78, 5) is 48.3. The van der Waals surface area contributed by atoms with Gasteiger partial charge in [0.25, 0.3) is 11.8 Å². The van der Waals surface area contributed by atoms with Crippen LogP contribution in [-0.2, 0) is 20.1 Å². The molecule has 1 saturated heterocycles.